The lowest BCUT2D eigenvalue weighted by molar-refractivity contribution is 1.00. The van der Waals surface area contributed by atoms with Crippen molar-refractivity contribution in [2.75, 3.05) is 17.2 Å². The van der Waals surface area contributed by atoms with Crippen molar-refractivity contribution in [3.63, 3.8) is 0 Å². The second-order valence-corrected chi connectivity index (χ2v) is 6.00. The van der Waals surface area contributed by atoms with Crippen LogP contribution in [0.15, 0.2) is 60.8 Å². The molecule has 0 aliphatic heterocycles. The Bertz CT molecular complexity index is 820. The summed E-state index contributed by atoms with van der Waals surface area (Å²) in [5, 5.41) is 7.30. The first-order valence-electron chi connectivity index (χ1n) is 7.84. The van der Waals surface area contributed by atoms with Crippen LogP contribution in [0.2, 0.25) is 5.02 Å². The lowest BCUT2D eigenvalue weighted by atomic mass is 10.1. The number of halogens is 1. The predicted molar refractivity (Wildman–Crippen MR) is 100 cm³/mol. The molecule has 0 saturated heterocycles. The highest BCUT2D eigenvalue weighted by atomic mass is 35.5. The minimum atomic E-state index is 0.577. The lowest BCUT2D eigenvalue weighted by Gasteiger charge is -2.09. The first kappa shape index (κ1) is 16.3. The molecular formula is C19H19ClN4. The number of benzene rings is 2. The molecule has 2 aromatic carbocycles. The quantitative estimate of drug-likeness (QED) is 0.675. The molecule has 1 heterocycles. The molecule has 0 radical (unpaired) electrons. The molecule has 0 unspecified atom stereocenters. The van der Waals surface area contributed by atoms with E-state index in [1.165, 1.54) is 11.1 Å². The number of aromatic nitrogens is 2. The summed E-state index contributed by atoms with van der Waals surface area (Å²) >= 11 is 6.00. The molecule has 24 heavy (non-hydrogen) atoms. The molecule has 4 nitrogen and oxygen atoms in total. The molecule has 0 amide bonds. The number of nitrogens with zero attached hydrogens (tertiary/aromatic N) is 2. The molecule has 122 valence electrons. The Morgan fingerprint density at radius 2 is 1.92 bits per heavy atom. The van der Waals surface area contributed by atoms with Crippen LogP contribution in [0, 0.1) is 6.92 Å². The van der Waals surface area contributed by atoms with Gasteiger partial charge in [0.15, 0.2) is 0 Å². The summed E-state index contributed by atoms with van der Waals surface area (Å²) in [6.45, 7) is 2.83. The van der Waals surface area contributed by atoms with Crippen molar-refractivity contribution in [2.24, 2.45) is 0 Å². The molecule has 0 spiro atoms. The van der Waals surface area contributed by atoms with Crippen molar-refractivity contribution >= 4 is 29.1 Å². The number of anilines is 3. The highest BCUT2D eigenvalue weighted by Crippen LogP contribution is 2.16. The molecule has 0 fully saturated rings. The highest BCUT2D eigenvalue weighted by molar-refractivity contribution is 6.30. The van der Waals surface area contributed by atoms with E-state index in [1.807, 2.05) is 36.4 Å². The van der Waals surface area contributed by atoms with E-state index in [0.717, 1.165) is 29.5 Å². The van der Waals surface area contributed by atoms with Gasteiger partial charge in [0.1, 0.15) is 5.82 Å². The molecule has 3 aromatic rings. The van der Waals surface area contributed by atoms with E-state index in [1.54, 1.807) is 6.20 Å². The van der Waals surface area contributed by atoms with Gasteiger partial charge in [-0.3, -0.25) is 0 Å². The van der Waals surface area contributed by atoms with Gasteiger partial charge in [-0.05, 0) is 54.8 Å². The SMILES string of the molecule is Cc1cccc(Nc2nccc(NCCc3cccc(Cl)c3)n2)c1. The topological polar surface area (TPSA) is 49.8 Å². The maximum absolute atomic E-state index is 6.00. The van der Waals surface area contributed by atoms with Crippen molar-refractivity contribution in [2.45, 2.75) is 13.3 Å². The van der Waals surface area contributed by atoms with Crippen LogP contribution in [-0.4, -0.2) is 16.5 Å². The van der Waals surface area contributed by atoms with Crippen LogP contribution in [0.4, 0.5) is 17.5 Å². The molecule has 5 heteroatoms. The molecule has 0 aliphatic rings. The summed E-state index contributed by atoms with van der Waals surface area (Å²) in [6.07, 6.45) is 2.62. The molecule has 0 atom stereocenters. The van der Waals surface area contributed by atoms with E-state index in [9.17, 15) is 0 Å². The van der Waals surface area contributed by atoms with Crippen molar-refractivity contribution < 1.29 is 0 Å². The maximum Gasteiger partial charge on any atom is 0.229 e. The van der Waals surface area contributed by atoms with Crippen LogP contribution >= 0.6 is 11.6 Å². The first-order chi connectivity index (χ1) is 11.7. The molecule has 0 aliphatic carbocycles. The van der Waals surface area contributed by atoms with Gasteiger partial charge in [-0.25, -0.2) is 4.98 Å². The average Bonchev–Trinajstić information content (AvgIpc) is 2.55. The third-order valence-electron chi connectivity index (χ3n) is 3.54. The summed E-state index contributed by atoms with van der Waals surface area (Å²) in [5.41, 5.74) is 3.36. The Hall–Kier alpha value is -2.59. The molecule has 2 N–H and O–H groups in total. The van der Waals surface area contributed by atoms with Gasteiger partial charge < -0.3 is 10.6 Å². The summed E-state index contributed by atoms with van der Waals surface area (Å²) in [4.78, 5) is 8.75. The van der Waals surface area contributed by atoms with Gasteiger partial charge in [0.25, 0.3) is 0 Å². The van der Waals surface area contributed by atoms with Crippen LogP contribution in [0.5, 0.6) is 0 Å². The van der Waals surface area contributed by atoms with E-state index in [0.29, 0.717) is 5.95 Å². The zero-order chi connectivity index (χ0) is 16.8. The minimum absolute atomic E-state index is 0.577. The van der Waals surface area contributed by atoms with Gasteiger partial charge in [0, 0.05) is 23.5 Å². The molecule has 0 bridgehead atoms. The van der Waals surface area contributed by atoms with Crippen LogP contribution in [0.25, 0.3) is 0 Å². The van der Waals surface area contributed by atoms with Gasteiger partial charge in [-0.15, -0.1) is 0 Å². The molecule has 3 rings (SSSR count). The minimum Gasteiger partial charge on any atom is -0.370 e. The fraction of sp³-hybridized carbons (Fsp3) is 0.158. The first-order valence-corrected chi connectivity index (χ1v) is 8.22. The average molecular weight is 339 g/mol. The zero-order valence-corrected chi connectivity index (χ0v) is 14.2. The van der Waals surface area contributed by atoms with E-state index >= 15 is 0 Å². The van der Waals surface area contributed by atoms with E-state index in [2.05, 4.69) is 45.7 Å². The van der Waals surface area contributed by atoms with Crippen LogP contribution in [0.1, 0.15) is 11.1 Å². The second-order valence-electron chi connectivity index (χ2n) is 5.57. The Balaban J connectivity index is 1.59. The van der Waals surface area contributed by atoms with E-state index in [4.69, 9.17) is 11.6 Å². The summed E-state index contributed by atoms with van der Waals surface area (Å²) in [5.74, 6) is 1.37. The van der Waals surface area contributed by atoms with E-state index < -0.39 is 0 Å². The fourth-order valence-corrected chi connectivity index (χ4v) is 2.61. The summed E-state index contributed by atoms with van der Waals surface area (Å²) in [7, 11) is 0. The Morgan fingerprint density at radius 1 is 1.04 bits per heavy atom. The summed E-state index contributed by atoms with van der Waals surface area (Å²) < 4.78 is 0. The highest BCUT2D eigenvalue weighted by Gasteiger charge is 2.01. The van der Waals surface area contributed by atoms with Crippen molar-refractivity contribution in [1.82, 2.24) is 9.97 Å². The van der Waals surface area contributed by atoms with Gasteiger partial charge in [-0.1, -0.05) is 35.9 Å². The smallest absolute Gasteiger partial charge is 0.229 e. The number of aryl methyl sites for hydroxylation is 1. The fourth-order valence-electron chi connectivity index (χ4n) is 2.40. The third-order valence-corrected chi connectivity index (χ3v) is 3.77. The monoisotopic (exact) mass is 338 g/mol. The normalized spacial score (nSPS) is 10.4. The van der Waals surface area contributed by atoms with Gasteiger partial charge in [-0.2, -0.15) is 4.98 Å². The van der Waals surface area contributed by atoms with Crippen molar-refractivity contribution in [1.29, 1.82) is 0 Å². The van der Waals surface area contributed by atoms with Crippen molar-refractivity contribution in [3.05, 3.63) is 76.9 Å². The van der Waals surface area contributed by atoms with Gasteiger partial charge in [0.2, 0.25) is 5.95 Å². The Morgan fingerprint density at radius 3 is 2.75 bits per heavy atom. The summed E-state index contributed by atoms with van der Waals surface area (Å²) in [6, 6.07) is 17.9. The van der Waals surface area contributed by atoms with Crippen molar-refractivity contribution in [3.8, 4) is 0 Å². The lowest BCUT2D eigenvalue weighted by Crippen LogP contribution is -2.07. The van der Waals surface area contributed by atoms with Crippen LogP contribution in [0.3, 0.4) is 0 Å². The number of hydrogen-bond acceptors (Lipinski definition) is 4. The molecule has 0 saturated carbocycles. The van der Waals surface area contributed by atoms with E-state index in [-0.39, 0.29) is 0 Å². The molecule has 1 aromatic heterocycles. The maximum atomic E-state index is 6.00. The number of nitrogens with one attached hydrogen (secondary N) is 2. The molecular weight excluding hydrogens is 320 g/mol. The Kier molecular flexibility index (Phi) is 5.29. The zero-order valence-electron chi connectivity index (χ0n) is 13.5. The Labute approximate surface area is 146 Å². The second kappa shape index (κ2) is 7.79. The largest absolute Gasteiger partial charge is 0.370 e. The van der Waals surface area contributed by atoms with Crippen LogP contribution in [-0.2, 0) is 6.42 Å². The standard InChI is InChI=1S/C19H19ClN4/c1-14-4-2-7-17(12-14)23-19-22-11-9-18(24-19)21-10-8-15-5-3-6-16(20)13-15/h2-7,9,11-13H,8,10H2,1H3,(H2,21,22,23,24). The van der Waals surface area contributed by atoms with Crippen LogP contribution < -0.4 is 10.6 Å². The number of hydrogen-bond donors (Lipinski definition) is 2. The number of rotatable bonds is 6. The third kappa shape index (κ3) is 4.70. The van der Waals surface area contributed by atoms with Gasteiger partial charge >= 0.3 is 0 Å². The van der Waals surface area contributed by atoms with Gasteiger partial charge in [0.05, 0.1) is 0 Å². The predicted octanol–water partition coefficient (Wildman–Crippen LogP) is 4.84.